The predicted octanol–water partition coefficient (Wildman–Crippen LogP) is 0.377. The largest absolute Gasteiger partial charge is 0.296 e. The maximum atomic E-state index is 11.3. The molecular formula is C8H11N5O2S2. The molecule has 92 valence electrons. The summed E-state index contributed by atoms with van der Waals surface area (Å²) in [6.45, 7) is 4.06. The summed E-state index contributed by atoms with van der Waals surface area (Å²) in [6, 6.07) is 0. The van der Waals surface area contributed by atoms with Crippen LogP contribution in [0.5, 0.6) is 0 Å². The lowest BCUT2D eigenvalue weighted by Crippen LogP contribution is -2.18. The number of hydrogen-bond donors (Lipinski definition) is 1. The van der Waals surface area contributed by atoms with Crippen LogP contribution in [0.25, 0.3) is 11.5 Å². The van der Waals surface area contributed by atoms with E-state index in [0.29, 0.717) is 18.1 Å². The van der Waals surface area contributed by atoms with E-state index in [9.17, 15) is 8.42 Å². The van der Waals surface area contributed by atoms with E-state index in [2.05, 4.69) is 15.2 Å². The van der Waals surface area contributed by atoms with Gasteiger partial charge in [-0.3, -0.25) is 4.57 Å². The Hall–Kier alpha value is -1.32. The fraction of sp³-hybridized carbons (Fsp3) is 0.375. The van der Waals surface area contributed by atoms with Crippen LogP contribution in [0, 0.1) is 6.92 Å². The lowest BCUT2D eigenvalue weighted by molar-refractivity contribution is 0.570. The van der Waals surface area contributed by atoms with Crippen molar-refractivity contribution in [2.45, 2.75) is 25.5 Å². The van der Waals surface area contributed by atoms with Gasteiger partial charge < -0.3 is 0 Å². The van der Waals surface area contributed by atoms with Crippen molar-refractivity contribution in [3.05, 3.63) is 10.4 Å². The van der Waals surface area contributed by atoms with Crippen LogP contribution in [-0.2, 0) is 16.6 Å². The normalized spacial score (nSPS) is 11.9. The van der Waals surface area contributed by atoms with Crippen molar-refractivity contribution in [1.82, 2.24) is 19.7 Å². The topological polar surface area (TPSA) is 104 Å². The minimum absolute atomic E-state index is 0.236. The van der Waals surface area contributed by atoms with Gasteiger partial charge in [0.2, 0.25) is 0 Å². The molecule has 0 spiro atoms. The van der Waals surface area contributed by atoms with E-state index in [1.165, 1.54) is 15.9 Å². The molecule has 0 amide bonds. The van der Waals surface area contributed by atoms with Crippen molar-refractivity contribution in [3.8, 4) is 11.5 Å². The first-order valence-electron chi connectivity index (χ1n) is 4.82. The number of aryl methyl sites for hydroxylation is 1. The van der Waals surface area contributed by atoms with Gasteiger partial charge in [-0.1, -0.05) is 0 Å². The zero-order chi connectivity index (χ0) is 12.6. The van der Waals surface area contributed by atoms with Gasteiger partial charge in [0, 0.05) is 11.9 Å². The molecule has 2 N–H and O–H groups in total. The van der Waals surface area contributed by atoms with E-state index in [1.807, 2.05) is 6.92 Å². The van der Waals surface area contributed by atoms with Gasteiger partial charge >= 0.3 is 0 Å². The lowest BCUT2D eigenvalue weighted by atomic mass is 10.4. The molecule has 2 aromatic heterocycles. The van der Waals surface area contributed by atoms with Crippen LogP contribution in [0.4, 0.5) is 0 Å². The Labute approximate surface area is 102 Å². The maximum absolute atomic E-state index is 11.3. The number of hydrogen-bond acceptors (Lipinski definition) is 6. The highest BCUT2D eigenvalue weighted by Gasteiger charge is 2.21. The van der Waals surface area contributed by atoms with Crippen LogP contribution in [0.15, 0.2) is 10.5 Å². The quantitative estimate of drug-likeness (QED) is 0.870. The third-order valence-electron chi connectivity index (χ3n) is 2.14. The second-order valence-electron chi connectivity index (χ2n) is 3.35. The Kier molecular flexibility index (Phi) is 2.98. The number of nitrogens with two attached hydrogens (primary N) is 1. The molecule has 0 saturated heterocycles. The van der Waals surface area contributed by atoms with Crippen molar-refractivity contribution >= 4 is 21.4 Å². The molecule has 0 aromatic carbocycles. The van der Waals surface area contributed by atoms with Crippen LogP contribution in [-0.4, -0.2) is 28.2 Å². The Balaban J connectivity index is 2.61. The average molecular weight is 273 g/mol. The molecule has 17 heavy (non-hydrogen) atoms. The summed E-state index contributed by atoms with van der Waals surface area (Å²) in [7, 11) is -3.86. The summed E-state index contributed by atoms with van der Waals surface area (Å²) < 4.78 is 24.0. The smallest absolute Gasteiger partial charge is 0.273 e. The van der Waals surface area contributed by atoms with Crippen LogP contribution in [0.1, 0.15) is 11.9 Å². The molecule has 0 atom stereocenters. The van der Waals surface area contributed by atoms with Gasteiger partial charge in [0.1, 0.15) is 5.69 Å². The summed E-state index contributed by atoms with van der Waals surface area (Å²) in [5, 5.41) is 15.0. The summed E-state index contributed by atoms with van der Waals surface area (Å²) >= 11 is 1.46. The van der Waals surface area contributed by atoms with E-state index in [1.54, 1.807) is 12.3 Å². The third-order valence-corrected chi connectivity index (χ3v) is 3.72. The van der Waals surface area contributed by atoms with E-state index >= 15 is 0 Å². The van der Waals surface area contributed by atoms with Crippen molar-refractivity contribution in [3.63, 3.8) is 0 Å². The number of sulfonamides is 1. The highest BCUT2D eigenvalue weighted by atomic mass is 32.2. The van der Waals surface area contributed by atoms with Crippen LogP contribution in [0.2, 0.25) is 0 Å². The first-order chi connectivity index (χ1) is 7.93. The molecular weight excluding hydrogens is 262 g/mol. The highest BCUT2D eigenvalue weighted by molar-refractivity contribution is 7.89. The molecule has 9 heteroatoms. The average Bonchev–Trinajstić information content (AvgIpc) is 2.81. The Morgan fingerprint density at radius 1 is 1.47 bits per heavy atom. The van der Waals surface area contributed by atoms with Gasteiger partial charge in [-0.05, 0) is 13.8 Å². The minimum Gasteiger partial charge on any atom is -0.296 e. The minimum atomic E-state index is -3.86. The van der Waals surface area contributed by atoms with Gasteiger partial charge in [-0.2, -0.15) is 0 Å². The molecule has 0 aliphatic carbocycles. The van der Waals surface area contributed by atoms with E-state index in [4.69, 9.17) is 5.14 Å². The summed E-state index contributed by atoms with van der Waals surface area (Å²) in [5.41, 5.74) is 0.608. The van der Waals surface area contributed by atoms with Crippen molar-refractivity contribution < 1.29 is 8.42 Å². The molecule has 7 nitrogen and oxygen atoms in total. The molecule has 0 aliphatic heterocycles. The van der Waals surface area contributed by atoms with E-state index in [0.717, 1.165) is 5.01 Å². The SMILES string of the molecule is CCn1c(-c2csc(C)n2)nnc1S(N)(=O)=O. The van der Waals surface area contributed by atoms with Gasteiger partial charge in [-0.15, -0.1) is 21.5 Å². The molecule has 2 heterocycles. The second-order valence-corrected chi connectivity index (χ2v) is 5.86. The van der Waals surface area contributed by atoms with Crippen molar-refractivity contribution in [1.29, 1.82) is 0 Å². The summed E-state index contributed by atoms with van der Waals surface area (Å²) in [6.07, 6.45) is 0. The molecule has 0 bridgehead atoms. The Morgan fingerprint density at radius 3 is 2.65 bits per heavy atom. The molecule has 0 unspecified atom stereocenters. The first kappa shape index (κ1) is 12.1. The predicted molar refractivity (Wildman–Crippen MR) is 62.9 cm³/mol. The van der Waals surface area contributed by atoms with E-state index in [-0.39, 0.29) is 5.16 Å². The fourth-order valence-corrected chi connectivity index (χ4v) is 2.71. The second kappa shape index (κ2) is 4.17. The zero-order valence-corrected chi connectivity index (χ0v) is 10.9. The first-order valence-corrected chi connectivity index (χ1v) is 7.24. The monoisotopic (exact) mass is 273 g/mol. The summed E-state index contributed by atoms with van der Waals surface area (Å²) in [4.78, 5) is 4.24. The number of nitrogens with zero attached hydrogens (tertiary/aromatic N) is 4. The standard InChI is InChI=1S/C8H11N5O2S2/c1-3-13-7(6-4-16-5(2)10-6)11-12-8(13)17(9,14)15/h4H,3H2,1-2H3,(H2,9,14,15). The zero-order valence-electron chi connectivity index (χ0n) is 9.28. The molecule has 2 aromatic rings. The molecule has 2 rings (SSSR count). The van der Waals surface area contributed by atoms with Gasteiger partial charge in [0.15, 0.2) is 5.82 Å². The number of thiazole rings is 1. The Bertz CT molecular complexity index is 643. The number of primary sulfonamides is 1. The molecule has 0 radical (unpaired) electrons. The molecule has 0 saturated carbocycles. The summed E-state index contributed by atoms with van der Waals surface area (Å²) in [5.74, 6) is 0.417. The van der Waals surface area contributed by atoms with Crippen molar-refractivity contribution in [2.24, 2.45) is 5.14 Å². The number of aromatic nitrogens is 4. The van der Waals surface area contributed by atoms with Crippen LogP contribution >= 0.6 is 11.3 Å². The van der Waals surface area contributed by atoms with Crippen LogP contribution in [0.3, 0.4) is 0 Å². The third kappa shape index (κ3) is 2.21. The van der Waals surface area contributed by atoms with Gasteiger partial charge in [0.25, 0.3) is 15.2 Å². The lowest BCUT2D eigenvalue weighted by Gasteiger charge is -2.03. The fourth-order valence-electron chi connectivity index (χ4n) is 1.44. The van der Waals surface area contributed by atoms with E-state index < -0.39 is 10.0 Å². The van der Waals surface area contributed by atoms with Gasteiger partial charge in [-0.25, -0.2) is 18.5 Å². The highest BCUT2D eigenvalue weighted by Crippen LogP contribution is 2.21. The molecule has 0 fully saturated rings. The maximum Gasteiger partial charge on any atom is 0.273 e. The van der Waals surface area contributed by atoms with Crippen molar-refractivity contribution in [2.75, 3.05) is 0 Å². The number of rotatable bonds is 3. The molecule has 0 aliphatic rings. The van der Waals surface area contributed by atoms with Crippen LogP contribution < -0.4 is 5.14 Å². The van der Waals surface area contributed by atoms with Gasteiger partial charge in [0.05, 0.1) is 5.01 Å². The Morgan fingerprint density at radius 2 is 2.18 bits per heavy atom.